The van der Waals surface area contributed by atoms with Crippen molar-refractivity contribution in [3.63, 3.8) is 0 Å². The lowest BCUT2D eigenvalue weighted by atomic mass is 10.1. The van der Waals surface area contributed by atoms with E-state index in [4.69, 9.17) is 0 Å². The molecule has 0 saturated heterocycles. The first kappa shape index (κ1) is 21.7. The first-order valence-corrected chi connectivity index (χ1v) is 7.79. The molecule has 0 aliphatic heterocycles. The molecule has 0 bridgehead atoms. The van der Waals surface area contributed by atoms with Gasteiger partial charge in [0.15, 0.2) is 5.96 Å². The fraction of sp³-hybridized carbons (Fsp3) is 0.529. The highest BCUT2D eigenvalue weighted by molar-refractivity contribution is 14.0. The van der Waals surface area contributed by atoms with Gasteiger partial charge in [-0.05, 0) is 52.3 Å². The summed E-state index contributed by atoms with van der Waals surface area (Å²) < 4.78 is 0. The highest BCUT2D eigenvalue weighted by Crippen LogP contribution is 2.06. The van der Waals surface area contributed by atoms with Crippen LogP contribution in [0.15, 0.2) is 29.3 Å². The monoisotopic (exact) mass is 432 g/mol. The number of nitrogens with one attached hydrogen (secondary N) is 3. The summed E-state index contributed by atoms with van der Waals surface area (Å²) in [5.74, 6) is 0.753. The number of guanidine groups is 1. The summed E-state index contributed by atoms with van der Waals surface area (Å²) in [5, 5.41) is 9.37. The molecule has 0 unspecified atom stereocenters. The van der Waals surface area contributed by atoms with E-state index >= 15 is 0 Å². The van der Waals surface area contributed by atoms with Gasteiger partial charge in [-0.15, -0.1) is 24.0 Å². The number of benzene rings is 1. The van der Waals surface area contributed by atoms with Crippen molar-refractivity contribution >= 4 is 35.8 Å². The standard InChI is InChI=1S/C17H28N4O.HI/c1-6-18-15(22)14-10-8-13(9-11-14)12-20-16(19-7-2)21-17(3,4)5;/h8-11H,6-7,12H2,1-5H3,(H,18,22)(H2,19,20,21);1H. The van der Waals surface area contributed by atoms with Crippen LogP contribution in [-0.2, 0) is 6.54 Å². The van der Waals surface area contributed by atoms with Crippen molar-refractivity contribution < 1.29 is 4.79 Å². The van der Waals surface area contributed by atoms with Crippen LogP contribution < -0.4 is 16.0 Å². The Kier molecular flexibility index (Phi) is 9.87. The fourth-order valence-corrected chi connectivity index (χ4v) is 1.86. The zero-order valence-corrected chi connectivity index (χ0v) is 17.0. The second-order valence-electron chi connectivity index (χ2n) is 6.13. The molecule has 0 saturated carbocycles. The Balaban J connectivity index is 0.00000484. The topological polar surface area (TPSA) is 65.5 Å². The largest absolute Gasteiger partial charge is 0.357 e. The Bertz CT molecular complexity index is 506. The van der Waals surface area contributed by atoms with Gasteiger partial charge in [-0.3, -0.25) is 4.79 Å². The van der Waals surface area contributed by atoms with E-state index in [1.54, 1.807) is 0 Å². The normalized spacial score (nSPS) is 11.4. The van der Waals surface area contributed by atoms with Gasteiger partial charge in [-0.1, -0.05) is 12.1 Å². The third-order valence-corrected chi connectivity index (χ3v) is 2.81. The molecule has 5 nitrogen and oxygen atoms in total. The molecule has 1 aromatic carbocycles. The van der Waals surface area contributed by atoms with Gasteiger partial charge < -0.3 is 16.0 Å². The van der Waals surface area contributed by atoms with Crippen LogP contribution in [0, 0.1) is 0 Å². The predicted molar refractivity (Wildman–Crippen MR) is 108 cm³/mol. The average molecular weight is 432 g/mol. The quantitative estimate of drug-likeness (QED) is 0.381. The number of halogens is 1. The molecule has 0 heterocycles. The van der Waals surface area contributed by atoms with Crippen LogP contribution in [-0.4, -0.2) is 30.5 Å². The van der Waals surface area contributed by atoms with Gasteiger partial charge in [0.05, 0.1) is 6.54 Å². The van der Waals surface area contributed by atoms with Gasteiger partial charge in [-0.2, -0.15) is 0 Å². The zero-order chi connectivity index (χ0) is 16.6. The van der Waals surface area contributed by atoms with Gasteiger partial charge in [0.1, 0.15) is 0 Å². The van der Waals surface area contributed by atoms with E-state index < -0.39 is 0 Å². The van der Waals surface area contributed by atoms with E-state index in [-0.39, 0.29) is 35.4 Å². The maximum absolute atomic E-state index is 11.7. The minimum Gasteiger partial charge on any atom is -0.357 e. The molecule has 0 fully saturated rings. The molecule has 0 aromatic heterocycles. The predicted octanol–water partition coefficient (Wildman–Crippen LogP) is 2.91. The first-order chi connectivity index (χ1) is 10.4. The maximum atomic E-state index is 11.7. The van der Waals surface area contributed by atoms with E-state index in [2.05, 4.69) is 41.7 Å². The summed E-state index contributed by atoms with van der Waals surface area (Å²) in [5.41, 5.74) is 1.71. The number of hydrogen-bond donors (Lipinski definition) is 3. The lowest BCUT2D eigenvalue weighted by Gasteiger charge is -2.23. The fourth-order valence-electron chi connectivity index (χ4n) is 1.86. The van der Waals surface area contributed by atoms with Crippen molar-refractivity contribution in [2.75, 3.05) is 13.1 Å². The number of nitrogens with zero attached hydrogens (tertiary/aromatic N) is 1. The summed E-state index contributed by atoms with van der Waals surface area (Å²) in [7, 11) is 0. The van der Waals surface area contributed by atoms with Crippen LogP contribution in [0.25, 0.3) is 0 Å². The second-order valence-corrected chi connectivity index (χ2v) is 6.13. The van der Waals surface area contributed by atoms with Crippen molar-refractivity contribution in [2.45, 2.75) is 46.7 Å². The smallest absolute Gasteiger partial charge is 0.251 e. The number of carbonyl (C=O) groups excluding carboxylic acids is 1. The summed E-state index contributed by atoms with van der Waals surface area (Å²) >= 11 is 0. The first-order valence-electron chi connectivity index (χ1n) is 7.79. The van der Waals surface area contributed by atoms with Gasteiger partial charge in [0, 0.05) is 24.2 Å². The van der Waals surface area contributed by atoms with Crippen LogP contribution in [0.4, 0.5) is 0 Å². The SMILES string of the molecule is CCNC(=O)c1ccc(CN=C(NCC)NC(C)(C)C)cc1.I. The zero-order valence-electron chi connectivity index (χ0n) is 14.7. The van der Waals surface area contributed by atoms with E-state index in [0.717, 1.165) is 18.1 Å². The minimum atomic E-state index is -0.0414. The van der Waals surface area contributed by atoms with E-state index in [0.29, 0.717) is 18.7 Å². The third-order valence-electron chi connectivity index (χ3n) is 2.81. The molecule has 0 aliphatic rings. The summed E-state index contributed by atoms with van der Waals surface area (Å²) in [4.78, 5) is 16.3. The third kappa shape index (κ3) is 8.78. The Labute approximate surface area is 156 Å². The summed E-state index contributed by atoms with van der Waals surface area (Å²) in [6.07, 6.45) is 0. The molecule has 0 atom stereocenters. The molecule has 23 heavy (non-hydrogen) atoms. The number of hydrogen-bond acceptors (Lipinski definition) is 2. The van der Waals surface area contributed by atoms with Crippen LogP contribution in [0.3, 0.4) is 0 Å². The molecule has 0 spiro atoms. The van der Waals surface area contributed by atoms with Gasteiger partial charge in [0.25, 0.3) is 5.91 Å². The van der Waals surface area contributed by atoms with E-state index in [1.807, 2.05) is 38.1 Å². The van der Waals surface area contributed by atoms with Crippen molar-refractivity contribution in [1.29, 1.82) is 0 Å². The summed E-state index contributed by atoms with van der Waals surface area (Å²) in [6, 6.07) is 7.55. The van der Waals surface area contributed by atoms with Gasteiger partial charge in [0.2, 0.25) is 0 Å². The number of amides is 1. The molecule has 1 amide bonds. The van der Waals surface area contributed by atoms with Crippen LogP contribution in [0.1, 0.15) is 50.5 Å². The molecule has 3 N–H and O–H groups in total. The lowest BCUT2D eigenvalue weighted by molar-refractivity contribution is 0.0956. The lowest BCUT2D eigenvalue weighted by Crippen LogP contribution is -2.47. The van der Waals surface area contributed by atoms with Crippen molar-refractivity contribution in [1.82, 2.24) is 16.0 Å². The van der Waals surface area contributed by atoms with Gasteiger partial charge >= 0.3 is 0 Å². The molecule has 1 aromatic rings. The van der Waals surface area contributed by atoms with Crippen molar-refractivity contribution in [2.24, 2.45) is 4.99 Å². The molecule has 130 valence electrons. The molecule has 6 heteroatoms. The van der Waals surface area contributed by atoms with Crippen LogP contribution in [0.5, 0.6) is 0 Å². The Morgan fingerprint density at radius 2 is 1.61 bits per heavy atom. The van der Waals surface area contributed by atoms with E-state index in [1.165, 1.54) is 0 Å². The molecule has 1 rings (SSSR count). The minimum absolute atomic E-state index is 0. The Morgan fingerprint density at radius 3 is 2.09 bits per heavy atom. The summed E-state index contributed by atoms with van der Waals surface area (Å²) in [6.45, 7) is 12.3. The highest BCUT2D eigenvalue weighted by atomic mass is 127. The van der Waals surface area contributed by atoms with E-state index in [9.17, 15) is 4.79 Å². The van der Waals surface area contributed by atoms with Crippen LogP contribution in [0.2, 0.25) is 0 Å². The number of aliphatic imine (C=N–C) groups is 1. The molecular formula is C17H29IN4O. The average Bonchev–Trinajstić information content (AvgIpc) is 2.44. The number of rotatable bonds is 5. The Hall–Kier alpha value is -1.31. The highest BCUT2D eigenvalue weighted by Gasteiger charge is 2.11. The Morgan fingerprint density at radius 1 is 1.04 bits per heavy atom. The molecule has 0 radical (unpaired) electrons. The van der Waals surface area contributed by atoms with Gasteiger partial charge in [-0.25, -0.2) is 4.99 Å². The second kappa shape index (κ2) is 10.5. The van der Waals surface area contributed by atoms with Crippen molar-refractivity contribution in [3.8, 4) is 0 Å². The van der Waals surface area contributed by atoms with Crippen LogP contribution >= 0.6 is 24.0 Å². The maximum Gasteiger partial charge on any atom is 0.251 e. The van der Waals surface area contributed by atoms with Crippen molar-refractivity contribution in [3.05, 3.63) is 35.4 Å². The molecular weight excluding hydrogens is 403 g/mol. The molecule has 0 aliphatic carbocycles. The number of carbonyl (C=O) groups is 1.